The number of piperazine rings is 1. The molecule has 5 nitrogen and oxygen atoms in total. The van der Waals surface area contributed by atoms with Gasteiger partial charge in [0, 0.05) is 48.5 Å². The van der Waals surface area contributed by atoms with E-state index in [4.69, 9.17) is 21.1 Å². The zero-order chi connectivity index (χ0) is 16.5. The Balaban J connectivity index is 1.42. The van der Waals surface area contributed by atoms with Crippen LogP contribution in [-0.4, -0.2) is 43.8 Å². The van der Waals surface area contributed by atoms with Gasteiger partial charge in [0.05, 0.1) is 0 Å². The molecule has 0 aliphatic carbocycles. The molecular formula is C18H17ClN2O3. The second kappa shape index (κ2) is 6.24. The molecule has 24 heavy (non-hydrogen) atoms. The zero-order valence-electron chi connectivity index (χ0n) is 13.1. The highest BCUT2D eigenvalue weighted by atomic mass is 35.5. The van der Waals surface area contributed by atoms with E-state index < -0.39 is 0 Å². The monoisotopic (exact) mass is 344 g/mol. The van der Waals surface area contributed by atoms with Gasteiger partial charge in [-0.15, -0.1) is 0 Å². The third kappa shape index (κ3) is 2.87. The van der Waals surface area contributed by atoms with Gasteiger partial charge in [0.2, 0.25) is 6.79 Å². The molecule has 6 heteroatoms. The minimum Gasteiger partial charge on any atom is -0.454 e. The molecule has 0 N–H and O–H groups in total. The fourth-order valence-corrected chi connectivity index (χ4v) is 3.24. The molecule has 2 heterocycles. The van der Waals surface area contributed by atoms with Crippen LogP contribution in [0.5, 0.6) is 11.5 Å². The Morgan fingerprint density at radius 2 is 1.75 bits per heavy atom. The highest BCUT2D eigenvalue weighted by molar-refractivity contribution is 6.30. The lowest BCUT2D eigenvalue weighted by atomic mass is 10.1. The van der Waals surface area contributed by atoms with Crippen LogP contribution in [0.3, 0.4) is 0 Å². The van der Waals surface area contributed by atoms with Crippen LogP contribution in [0.1, 0.15) is 10.4 Å². The minimum atomic E-state index is 0.0304. The van der Waals surface area contributed by atoms with E-state index in [1.54, 1.807) is 24.3 Å². The molecule has 124 valence electrons. The number of anilines is 1. The fraction of sp³-hybridized carbons (Fsp3) is 0.278. The van der Waals surface area contributed by atoms with E-state index in [2.05, 4.69) is 4.90 Å². The quantitative estimate of drug-likeness (QED) is 0.839. The molecule has 0 atom stereocenters. The number of rotatable bonds is 2. The summed E-state index contributed by atoms with van der Waals surface area (Å²) in [6.45, 7) is 3.21. The van der Waals surface area contributed by atoms with Gasteiger partial charge >= 0.3 is 0 Å². The van der Waals surface area contributed by atoms with Crippen molar-refractivity contribution in [2.75, 3.05) is 37.9 Å². The molecule has 1 fully saturated rings. The zero-order valence-corrected chi connectivity index (χ0v) is 13.8. The molecule has 2 aromatic rings. The molecule has 0 spiro atoms. The minimum absolute atomic E-state index is 0.0304. The molecule has 1 amide bonds. The molecular weight excluding hydrogens is 328 g/mol. The molecule has 2 aromatic carbocycles. The molecule has 0 saturated carbocycles. The van der Waals surface area contributed by atoms with Gasteiger partial charge in [-0.05, 0) is 30.3 Å². The van der Waals surface area contributed by atoms with Crippen molar-refractivity contribution in [3.05, 3.63) is 53.1 Å². The summed E-state index contributed by atoms with van der Waals surface area (Å²) in [4.78, 5) is 16.7. The Morgan fingerprint density at radius 3 is 2.54 bits per heavy atom. The van der Waals surface area contributed by atoms with Gasteiger partial charge in [-0.25, -0.2) is 0 Å². The van der Waals surface area contributed by atoms with Crippen LogP contribution in [0.2, 0.25) is 5.02 Å². The third-order valence-corrected chi connectivity index (χ3v) is 4.59. The Bertz CT molecular complexity index is 773. The van der Waals surface area contributed by atoms with Crippen molar-refractivity contribution in [3.8, 4) is 11.5 Å². The average Bonchev–Trinajstić information content (AvgIpc) is 3.09. The van der Waals surface area contributed by atoms with Crippen LogP contribution in [0.25, 0.3) is 0 Å². The molecule has 0 radical (unpaired) electrons. The second-order valence-electron chi connectivity index (χ2n) is 5.83. The summed E-state index contributed by atoms with van der Waals surface area (Å²) >= 11 is 5.98. The Kier molecular flexibility index (Phi) is 3.94. The van der Waals surface area contributed by atoms with E-state index in [9.17, 15) is 4.79 Å². The van der Waals surface area contributed by atoms with Crippen molar-refractivity contribution in [2.24, 2.45) is 0 Å². The molecule has 2 aliphatic rings. The normalized spacial score (nSPS) is 16.4. The van der Waals surface area contributed by atoms with Crippen molar-refractivity contribution in [2.45, 2.75) is 0 Å². The predicted molar refractivity (Wildman–Crippen MR) is 92.1 cm³/mol. The number of ether oxygens (including phenoxy) is 2. The number of halogens is 1. The summed E-state index contributed by atoms with van der Waals surface area (Å²) in [5, 5.41) is 0.583. The van der Waals surface area contributed by atoms with Crippen LogP contribution < -0.4 is 14.4 Å². The lowest BCUT2D eigenvalue weighted by Crippen LogP contribution is -2.48. The highest BCUT2D eigenvalue weighted by Crippen LogP contribution is 2.35. The molecule has 2 aliphatic heterocycles. The number of nitrogens with zero attached hydrogens (tertiary/aromatic N) is 2. The van der Waals surface area contributed by atoms with Crippen LogP contribution in [0.4, 0.5) is 5.69 Å². The first-order chi connectivity index (χ1) is 11.7. The molecule has 0 aromatic heterocycles. The van der Waals surface area contributed by atoms with Crippen molar-refractivity contribution >= 4 is 23.2 Å². The van der Waals surface area contributed by atoms with Crippen LogP contribution in [0.15, 0.2) is 42.5 Å². The van der Waals surface area contributed by atoms with Crippen molar-refractivity contribution in [1.29, 1.82) is 0 Å². The van der Waals surface area contributed by atoms with Gasteiger partial charge in [-0.2, -0.15) is 0 Å². The number of benzene rings is 2. The second-order valence-corrected chi connectivity index (χ2v) is 6.26. The summed E-state index contributed by atoms with van der Waals surface area (Å²) in [6.07, 6.45) is 0. The van der Waals surface area contributed by atoms with Gasteiger partial charge in [-0.1, -0.05) is 17.7 Å². The molecule has 0 unspecified atom stereocenters. The van der Waals surface area contributed by atoms with Crippen molar-refractivity contribution < 1.29 is 14.3 Å². The Hall–Kier alpha value is -2.40. The predicted octanol–water partition coefficient (Wildman–Crippen LogP) is 3.03. The largest absolute Gasteiger partial charge is 0.454 e. The number of carbonyl (C=O) groups is 1. The number of hydrogen-bond acceptors (Lipinski definition) is 4. The summed E-state index contributed by atoms with van der Waals surface area (Å²) in [5.74, 6) is 1.60. The lowest BCUT2D eigenvalue weighted by Gasteiger charge is -2.36. The maximum absolute atomic E-state index is 12.6. The van der Waals surface area contributed by atoms with E-state index in [1.165, 1.54) is 0 Å². The summed E-state index contributed by atoms with van der Waals surface area (Å²) in [7, 11) is 0. The van der Waals surface area contributed by atoms with E-state index in [0.29, 0.717) is 23.7 Å². The SMILES string of the molecule is O=C(c1cccc(Cl)c1)N1CCN(c2ccc3c(c2)OCO3)CC1. The van der Waals surface area contributed by atoms with Crippen molar-refractivity contribution in [1.82, 2.24) is 4.90 Å². The lowest BCUT2D eigenvalue weighted by molar-refractivity contribution is 0.0746. The standard InChI is InChI=1S/C18H17ClN2O3/c19-14-3-1-2-13(10-14)18(22)21-8-6-20(7-9-21)15-4-5-16-17(11-15)24-12-23-16/h1-5,10-11H,6-9,12H2. The van der Waals surface area contributed by atoms with Gasteiger partial charge < -0.3 is 19.3 Å². The first-order valence-corrected chi connectivity index (χ1v) is 8.28. The molecule has 4 rings (SSSR count). The number of carbonyl (C=O) groups excluding carboxylic acids is 1. The van der Waals surface area contributed by atoms with Gasteiger partial charge in [-0.3, -0.25) is 4.79 Å². The van der Waals surface area contributed by atoms with Gasteiger partial charge in [0.15, 0.2) is 11.5 Å². The maximum Gasteiger partial charge on any atom is 0.254 e. The third-order valence-electron chi connectivity index (χ3n) is 4.36. The first-order valence-electron chi connectivity index (χ1n) is 7.90. The van der Waals surface area contributed by atoms with E-state index in [1.807, 2.05) is 23.1 Å². The maximum atomic E-state index is 12.6. The first kappa shape index (κ1) is 15.1. The Morgan fingerprint density at radius 1 is 0.958 bits per heavy atom. The number of fused-ring (bicyclic) bond motifs is 1. The number of amides is 1. The van der Waals surface area contributed by atoms with Crippen molar-refractivity contribution in [3.63, 3.8) is 0 Å². The smallest absolute Gasteiger partial charge is 0.254 e. The van der Waals surface area contributed by atoms with Gasteiger partial charge in [0.1, 0.15) is 0 Å². The highest BCUT2D eigenvalue weighted by Gasteiger charge is 2.23. The topological polar surface area (TPSA) is 42.0 Å². The fourth-order valence-electron chi connectivity index (χ4n) is 3.05. The van der Waals surface area contributed by atoms with Crippen LogP contribution >= 0.6 is 11.6 Å². The summed E-state index contributed by atoms with van der Waals surface area (Å²) in [5.41, 5.74) is 1.73. The Labute approximate surface area is 145 Å². The molecule has 1 saturated heterocycles. The van der Waals surface area contributed by atoms with E-state index in [-0.39, 0.29) is 12.7 Å². The number of hydrogen-bond donors (Lipinski definition) is 0. The molecule has 0 bridgehead atoms. The van der Waals surface area contributed by atoms with Crippen LogP contribution in [-0.2, 0) is 0 Å². The van der Waals surface area contributed by atoms with E-state index in [0.717, 1.165) is 30.3 Å². The summed E-state index contributed by atoms with van der Waals surface area (Å²) < 4.78 is 10.8. The van der Waals surface area contributed by atoms with Crippen LogP contribution in [0, 0.1) is 0 Å². The van der Waals surface area contributed by atoms with Gasteiger partial charge in [0.25, 0.3) is 5.91 Å². The average molecular weight is 345 g/mol. The summed E-state index contributed by atoms with van der Waals surface area (Å²) in [6, 6.07) is 13.1. The van der Waals surface area contributed by atoms with E-state index >= 15 is 0 Å².